The molecule has 1 aliphatic heterocycles. The Kier molecular flexibility index (Phi) is 3.95. The second-order valence-corrected chi connectivity index (χ2v) is 5.01. The van der Waals surface area contributed by atoms with Crippen molar-refractivity contribution < 1.29 is 19.1 Å². The highest BCUT2D eigenvalue weighted by Crippen LogP contribution is 2.30. The Morgan fingerprint density at radius 2 is 2.14 bits per heavy atom. The lowest BCUT2D eigenvalue weighted by Crippen LogP contribution is -2.56. The first-order valence-electron chi connectivity index (χ1n) is 6.61. The molecule has 0 fully saturated rings. The summed E-state index contributed by atoms with van der Waals surface area (Å²) in [6.07, 6.45) is 0. The predicted octanol–water partition coefficient (Wildman–Crippen LogP) is 0.0390. The second-order valence-electron chi connectivity index (χ2n) is 5.01. The number of rotatable bonds is 3. The molecule has 3 N–H and O–H groups in total. The third kappa shape index (κ3) is 2.73. The molecule has 1 heterocycles. The molecule has 1 atom stereocenters. The zero-order chi connectivity index (χ0) is 15.6. The Labute approximate surface area is 122 Å². The number of benzene rings is 1. The zero-order valence-electron chi connectivity index (χ0n) is 12.0. The first kappa shape index (κ1) is 15.0. The largest absolute Gasteiger partial charge is 0.462 e. The van der Waals surface area contributed by atoms with Crippen molar-refractivity contribution in [3.63, 3.8) is 0 Å². The molecule has 7 heteroatoms. The fraction of sp³-hybridized carbons (Fsp3) is 0.357. The minimum atomic E-state index is -0.495. The minimum absolute atomic E-state index is 0.149. The van der Waals surface area contributed by atoms with Crippen molar-refractivity contribution in [1.29, 1.82) is 0 Å². The van der Waals surface area contributed by atoms with Crippen molar-refractivity contribution in [3.05, 3.63) is 23.8 Å². The second kappa shape index (κ2) is 5.53. The van der Waals surface area contributed by atoms with Gasteiger partial charge < -0.3 is 15.8 Å². The Balaban J connectivity index is 2.52. The van der Waals surface area contributed by atoms with Crippen molar-refractivity contribution >= 4 is 29.2 Å². The van der Waals surface area contributed by atoms with Crippen molar-refractivity contribution in [2.24, 2.45) is 0 Å². The van der Waals surface area contributed by atoms with Gasteiger partial charge in [-0.05, 0) is 19.1 Å². The molecule has 0 bridgehead atoms. The highest BCUT2D eigenvalue weighted by atomic mass is 16.5. The van der Waals surface area contributed by atoms with Gasteiger partial charge in [-0.1, -0.05) is 0 Å². The van der Waals surface area contributed by atoms with Gasteiger partial charge in [0.05, 0.1) is 13.7 Å². The van der Waals surface area contributed by atoms with Gasteiger partial charge in [0.1, 0.15) is 12.1 Å². The molecule has 0 saturated heterocycles. The summed E-state index contributed by atoms with van der Waals surface area (Å²) < 4.78 is 4.60. The number of amides is 2. The normalized spacial score (nSPS) is 21.2. The number of hydrogen-bond acceptors (Lipinski definition) is 5. The van der Waals surface area contributed by atoms with Gasteiger partial charge in [0.2, 0.25) is 0 Å². The van der Waals surface area contributed by atoms with Crippen LogP contribution >= 0.6 is 0 Å². The molecule has 21 heavy (non-hydrogen) atoms. The monoisotopic (exact) mass is 292 g/mol. The number of fused-ring (bicyclic) bond motifs is 1. The van der Waals surface area contributed by atoms with E-state index in [0.717, 1.165) is 0 Å². The molecule has 1 aliphatic rings. The first-order chi connectivity index (χ1) is 9.88. The summed E-state index contributed by atoms with van der Waals surface area (Å²) in [5.41, 5.74) is 6.86. The van der Waals surface area contributed by atoms with E-state index in [1.807, 2.05) is 0 Å². The standard InChI is InChI=1S/C14H17N3O4/c1-3-21-13(19)8-17(2)11-5-4-9(15)6-10(11)14(20)16-7-12(17)18/h4-6H,3,7-8,15H2,1-2H3/p+1. The summed E-state index contributed by atoms with van der Waals surface area (Å²) in [6.45, 7) is 1.61. The topological polar surface area (TPSA) is 98.5 Å². The Bertz CT molecular complexity index is 614. The smallest absolute Gasteiger partial charge is 0.362 e. The maximum absolute atomic E-state index is 12.4. The molecule has 2 rings (SSSR count). The van der Waals surface area contributed by atoms with Crippen LogP contribution in [0.15, 0.2) is 18.2 Å². The van der Waals surface area contributed by atoms with Gasteiger partial charge in [-0.2, -0.15) is 0 Å². The minimum Gasteiger partial charge on any atom is -0.462 e. The van der Waals surface area contributed by atoms with E-state index in [4.69, 9.17) is 10.5 Å². The van der Waals surface area contributed by atoms with Crippen LogP contribution in [-0.4, -0.2) is 44.5 Å². The molecule has 0 spiro atoms. The van der Waals surface area contributed by atoms with E-state index < -0.39 is 5.97 Å². The Morgan fingerprint density at radius 3 is 2.81 bits per heavy atom. The number of nitrogen functional groups attached to an aromatic ring is 1. The number of nitrogens with two attached hydrogens (primary N) is 1. The van der Waals surface area contributed by atoms with E-state index in [0.29, 0.717) is 16.9 Å². The van der Waals surface area contributed by atoms with Crippen molar-refractivity contribution in [3.8, 4) is 0 Å². The molecule has 0 saturated carbocycles. The number of carbonyl (C=O) groups is 3. The number of carbonyl (C=O) groups excluding carboxylic acids is 3. The van der Waals surface area contributed by atoms with E-state index in [2.05, 4.69) is 5.32 Å². The average molecular weight is 292 g/mol. The maximum atomic E-state index is 12.4. The van der Waals surface area contributed by atoms with Gasteiger partial charge in [-0.15, -0.1) is 0 Å². The van der Waals surface area contributed by atoms with Gasteiger partial charge in [0.25, 0.3) is 5.91 Å². The van der Waals surface area contributed by atoms with E-state index in [1.54, 1.807) is 26.1 Å². The third-order valence-electron chi connectivity index (χ3n) is 3.50. The first-order valence-corrected chi connectivity index (χ1v) is 6.61. The highest BCUT2D eigenvalue weighted by Gasteiger charge is 2.42. The summed E-state index contributed by atoms with van der Waals surface area (Å²) in [7, 11) is 1.59. The number of anilines is 1. The van der Waals surface area contributed by atoms with Crippen LogP contribution in [0, 0.1) is 0 Å². The molecule has 1 aromatic rings. The lowest BCUT2D eigenvalue weighted by molar-refractivity contribution is -0.147. The summed E-state index contributed by atoms with van der Waals surface area (Å²) in [6, 6.07) is 4.71. The fourth-order valence-electron chi connectivity index (χ4n) is 2.36. The van der Waals surface area contributed by atoms with Gasteiger partial charge in [0, 0.05) is 11.8 Å². The highest BCUT2D eigenvalue weighted by molar-refractivity contribution is 6.08. The number of nitrogens with zero attached hydrogens (tertiary/aromatic N) is 1. The molecule has 2 amide bonds. The zero-order valence-corrected chi connectivity index (χ0v) is 12.0. The number of quaternary nitrogens is 1. The number of ether oxygens (including phenoxy) is 1. The average Bonchev–Trinajstić information content (AvgIpc) is 2.51. The van der Waals surface area contributed by atoms with Gasteiger partial charge in [-0.3, -0.25) is 4.79 Å². The van der Waals surface area contributed by atoms with Gasteiger partial charge in [-0.25, -0.2) is 14.1 Å². The quantitative estimate of drug-likeness (QED) is 0.465. The summed E-state index contributed by atoms with van der Waals surface area (Å²) in [4.78, 5) is 36.3. The molecular formula is C14H18N3O4+. The predicted molar refractivity (Wildman–Crippen MR) is 77.4 cm³/mol. The van der Waals surface area contributed by atoms with Crippen LogP contribution in [0.5, 0.6) is 0 Å². The van der Waals surface area contributed by atoms with Crippen LogP contribution in [0.4, 0.5) is 11.4 Å². The number of esters is 1. The van der Waals surface area contributed by atoms with Crippen molar-refractivity contribution in [1.82, 2.24) is 9.80 Å². The van der Waals surface area contributed by atoms with Gasteiger partial charge >= 0.3 is 11.9 Å². The van der Waals surface area contributed by atoms with E-state index in [-0.39, 0.29) is 36.0 Å². The molecule has 0 aromatic heterocycles. The molecule has 1 aromatic carbocycles. The lowest BCUT2D eigenvalue weighted by Gasteiger charge is -2.29. The number of hydrogen-bond donors (Lipinski definition) is 2. The van der Waals surface area contributed by atoms with E-state index in [1.165, 1.54) is 6.07 Å². The molecule has 0 radical (unpaired) electrons. The van der Waals surface area contributed by atoms with Crippen molar-refractivity contribution in [2.75, 3.05) is 32.5 Å². The maximum Gasteiger partial charge on any atom is 0.362 e. The van der Waals surface area contributed by atoms with Crippen LogP contribution in [0.1, 0.15) is 17.3 Å². The van der Waals surface area contributed by atoms with Gasteiger partial charge in [0.15, 0.2) is 12.2 Å². The van der Waals surface area contributed by atoms with E-state index in [9.17, 15) is 14.4 Å². The van der Waals surface area contributed by atoms with Crippen LogP contribution in [0.3, 0.4) is 0 Å². The SMILES string of the molecule is CCOC(=O)C[N+]1(C)C(=O)CNC(=O)c2cc(N)ccc21. The van der Waals surface area contributed by atoms with E-state index >= 15 is 0 Å². The summed E-state index contributed by atoms with van der Waals surface area (Å²) in [5, 5.41) is 2.53. The summed E-state index contributed by atoms with van der Waals surface area (Å²) >= 11 is 0. The van der Waals surface area contributed by atoms with Crippen LogP contribution < -0.4 is 15.5 Å². The molecule has 7 nitrogen and oxygen atoms in total. The molecule has 112 valence electrons. The molecular weight excluding hydrogens is 274 g/mol. The van der Waals surface area contributed by atoms with Crippen molar-refractivity contribution in [2.45, 2.75) is 6.92 Å². The number of likely N-dealkylation sites (N-methyl/N-ethyl adjacent to an activating group) is 1. The van der Waals surface area contributed by atoms with Crippen LogP contribution in [0.25, 0.3) is 0 Å². The number of nitrogens with one attached hydrogen (secondary N) is 1. The Hall–Kier alpha value is -2.41. The molecule has 1 unspecified atom stereocenters. The van der Waals surface area contributed by atoms with Crippen LogP contribution in [-0.2, 0) is 14.3 Å². The van der Waals surface area contributed by atoms with Crippen LogP contribution in [0.2, 0.25) is 0 Å². The Morgan fingerprint density at radius 1 is 1.43 bits per heavy atom. The fourth-order valence-corrected chi connectivity index (χ4v) is 2.36. The molecule has 0 aliphatic carbocycles. The third-order valence-corrected chi connectivity index (χ3v) is 3.50. The summed E-state index contributed by atoms with van der Waals surface area (Å²) in [5.74, 6) is -1.17. The lowest BCUT2D eigenvalue weighted by atomic mass is 10.1.